The lowest BCUT2D eigenvalue weighted by molar-refractivity contribution is 0.152. The van der Waals surface area contributed by atoms with Gasteiger partial charge in [-0.1, -0.05) is 36.8 Å². The number of rotatable bonds is 6. The lowest BCUT2D eigenvalue weighted by Gasteiger charge is -2.33. The summed E-state index contributed by atoms with van der Waals surface area (Å²) in [7, 11) is 1.65. The van der Waals surface area contributed by atoms with E-state index in [-0.39, 0.29) is 24.0 Å². The van der Waals surface area contributed by atoms with Gasteiger partial charge in [-0.2, -0.15) is 0 Å². The van der Waals surface area contributed by atoms with Crippen LogP contribution in [0.5, 0.6) is 5.75 Å². The molecule has 1 aliphatic rings. The van der Waals surface area contributed by atoms with Gasteiger partial charge >= 0.3 is 0 Å². The molecule has 3 N–H and O–H groups in total. The van der Waals surface area contributed by atoms with Crippen molar-refractivity contribution < 1.29 is 4.74 Å². The Labute approximate surface area is 185 Å². The third-order valence-corrected chi connectivity index (χ3v) is 5.19. The molecule has 0 aromatic heterocycles. The summed E-state index contributed by atoms with van der Waals surface area (Å²) in [6.45, 7) is 5.06. The second-order valence-corrected chi connectivity index (χ2v) is 7.14. The average Bonchev–Trinajstić information content (AvgIpc) is 2.69. The molecule has 2 aromatic rings. The van der Waals surface area contributed by atoms with Crippen molar-refractivity contribution in [1.29, 1.82) is 0 Å². The Hall–Kier alpha value is -1.80. The number of hydrogen-bond acceptors (Lipinski definition) is 3. The van der Waals surface area contributed by atoms with Crippen molar-refractivity contribution in [2.75, 3.05) is 19.0 Å². The van der Waals surface area contributed by atoms with Gasteiger partial charge in [0.1, 0.15) is 5.75 Å². The maximum Gasteiger partial charge on any atom is 0.193 e. The molecular formula is C22H31IN4O. The van der Waals surface area contributed by atoms with Gasteiger partial charge in [-0.3, -0.25) is 4.90 Å². The van der Waals surface area contributed by atoms with E-state index >= 15 is 0 Å². The molecular weight excluding hydrogens is 463 g/mol. The fourth-order valence-electron chi connectivity index (χ4n) is 3.54. The van der Waals surface area contributed by atoms with Crippen LogP contribution in [-0.2, 0) is 13.1 Å². The maximum absolute atomic E-state index is 6.09. The molecule has 0 radical (unpaired) electrons. The van der Waals surface area contributed by atoms with Gasteiger partial charge < -0.3 is 15.8 Å². The molecule has 1 aliphatic heterocycles. The molecule has 1 saturated heterocycles. The number of aliphatic imine (C=N–C) groups is 1. The minimum atomic E-state index is 0. The Morgan fingerprint density at radius 3 is 2.71 bits per heavy atom. The van der Waals surface area contributed by atoms with E-state index in [1.165, 1.54) is 36.9 Å². The van der Waals surface area contributed by atoms with E-state index in [1.54, 1.807) is 7.11 Å². The first-order valence-corrected chi connectivity index (χ1v) is 9.67. The Morgan fingerprint density at radius 2 is 1.96 bits per heavy atom. The van der Waals surface area contributed by atoms with E-state index in [4.69, 9.17) is 10.5 Å². The van der Waals surface area contributed by atoms with E-state index in [9.17, 15) is 0 Å². The summed E-state index contributed by atoms with van der Waals surface area (Å²) in [6.07, 6.45) is 3.93. The summed E-state index contributed by atoms with van der Waals surface area (Å²) < 4.78 is 5.24. The van der Waals surface area contributed by atoms with Crippen molar-refractivity contribution >= 4 is 35.6 Å². The molecule has 1 unspecified atom stereocenters. The number of likely N-dealkylation sites (tertiary alicyclic amines) is 1. The molecule has 0 saturated carbocycles. The van der Waals surface area contributed by atoms with Crippen LogP contribution in [0.15, 0.2) is 53.5 Å². The largest absolute Gasteiger partial charge is 0.497 e. The number of guanidine groups is 1. The molecule has 0 aliphatic carbocycles. The van der Waals surface area contributed by atoms with Gasteiger partial charge in [0.2, 0.25) is 0 Å². The third-order valence-electron chi connectivity index (χ3n) is 5.19. The second kappa shape index (κ2) is 11.3. The first-order chi connectivity index (χ1) is 13.2. The lowest BCUT2D eigenvalue weighted by atomic mass is 10.0. The second-order valence-electron chi connectivity index (χ2n) is 7.14. The Morgan fingerprint density at radius 1 is 1.18 bits per heavy atom. The molecule has 2 aromatic carbocycles. The SMILES string of the molecule is COc1cccc(NC(N)=NCc2ccccc2CN2CCCCC2C)c1.I. The van der Waals surface area contributed by atoms with E-state index in [0.29, 0.717) is 18.5 Å². The first-order valence-electron chi connectivity index (χ1n) is 9.67. The number of nitrogens with one attached hydrogen (secondary N) is 1. The predicted octanol–water partition coefficient (Wildman–Crippen LogP) is 4.61. The summed E-state index contributed by atoms with van der Waals surface area (Å²) in [6, 6.07) is 16.8. The van der Waals surface area contributed by atoms with Crippen molar-refractivity contribution in [2.45, 2.75) is 45.3 Å². The van der Waals surface area contributed by atoms with Crippen molar-refractivity contribution in [1.82, 2.24) is 4.90 Å². The zero-order valence-electron chi connectivity index (χ0n) is 16.7. The Balaban J connectivity index is 0.00000280. The van der Waals surface area contributed by atoms with Crippen LogP contribution >= 0.6 is 24.0 Å². The zero-order valence-corrected chi connectivity index (χ0v) is 19.1. The number of methoxy groups -OCH3 is 1. The van der Waals surface area contributed by atoms with Crippen molar-refractivity contribution in [3.63, 3.8) is 0 Å². The van der Waals surface area contributed by atoms with E-state index in [0.717, 1.165) is 18.0 Å². The van der Waals surface area contributed by atoms with Crippen LogP contribution in [0.25, 0.3) is 0 Å². The molecule has 6 heteroatoms. The van der Waals surface area contributed by atoms with Gasteiger partial charge in [0.05, 0.1) is 13.7 Å². The number of nitrogens with zero attached hydrogens (tertiary/aromatic N) is 2. The standard InChI is InChI=1S/C22H30N4O.HI/c1-17-8-5-6-13-26(17)16-19-10-4-3-9-18(19)15-24-22(23)25-20-11-7-12-21(14-20)27-2;/h3-4,7,9-12,14,17H,5-6,8,13,15-16H2,1-2H3,(H3,23,24,25);1H. The fraction of sp³-hybridized carbons (Fsp3) is 0.409. The normalized spacial score (nSPS) is 17.6. The number of hydrogen-bond donors (Lipinski definition) is 2. The van der Waals surface area contributed by atoms with E-state index < -0.39 is 0 Å². The van der Waals surface area contributed by atoms with Gasteiger partial charge in [-0.25, -0.2) is 4.99 Å². The third kappa shape index (κ3) is 6.38. The quantitative estimate of drug-likeness (QED) is 0.350. The number of ether oxygens (including phenoxy) is 1. The smallest absolute Gasteiger partial charge is 0.193 e. The fourth-order valence-corrected chi connectivity index (χ4v) is 3.54. The Kier molecular flexibility index (Phi) is 9.05. The summed E-state index contributed by atoms with van der Waals surface area (Å²) in [5, 5.41) is 3.13. The molecule has 5 nitrogen and oxygen atoms in total. The summed E-state index contributed by atoms with van der Waals surface area (Å²) in [5.41, 5.74) is 9.52. The highest BCUT2D eigenvalue weighted by atomic mass is 127. The molecule has 1 atom stereocenters. The highest BCUT2D eigenvalue weighted by molar-refractivity contribution is 14.0. The van der Waals surface area contributed by atoms with Crippen LogP contribution < -0.4 is 15.8 Å². The average molecular weight is 494 g/mol. The summed E-state index contributed by atoms with van der Waals surface area (Å²) in [4.78, 5) is 7.12. The first kappa shape index (κ1) is 22.5. The number of halogens is 1. The van der Waals surface area contributed by atoms with Crippen LogP contribution in [-0.4, -0.2) is 30.6 Å². The van der Waals surface area contributed by atoms with Gasteiger partial charge in [0, 0.05) is 24.3 Å². The molecule has 0 bridgehead atoms. The van der Waals surface area contributed by atoms with E-state index in [1.807, 2.05) is 24.3 Å². The number of benzene rings is 2. The Bertz CT molecular complexity index is 781. The van der Waals surface area contributed by atoms with Crippen molar-refractivity contribution in [3.05, 3.63) is 59.7 Å². The van der Waals surface area contributed by atoms with Crippen molar-refractivity contribution in [2.24, 2.45) is 10.7 Å². The molecule has 28 heavy (non-hydrogen) atoms. The molecule has 1 fully saturated rings. The highest BCUT2D eigenvalue weighted by Gasteiger charge is 2.19. The number of nitrogens with two attached hydrogens (primary N) is 1. The van der Waals surface area contributed by atoms with Crippen LogP contribution in [0, 0.1) is 0 Å². The van der Waals surface area contributed by atoms with Crippen LogP contribution in [0.1, 0.15) is 37.3 Å². The van der Waals surface area contributed by atoms with Crippen LogP contribution in [0.4, 0.5) is 5.69 Å². The molecule has 3 rings (SSSR count). The maximum atomic E-state index is 6.09. The number of anilines is 1. The lowest BCUT2D eigenvalue weighted by Crippen LogP contribution is -2.37. The summed E-state index contributed by atoms with van der Waals surface area (Å²) >= 11 is 0. The molecule has 0 spiro atoms. The summed E-state index contributed by atoms with van der Waals surface area (Å²) in [5.74, 6) is 1.19. The minimum Gasteiger partial charge on any atom is -0.497 e. The number of piperidine rings is 1. The van der Waals surface area contributed by atoms with Gasteiger partial charge in [-0.15, -0.1) is 24.0 Å². The highest BCUT2D eigenvalue weighted by Crippen LogP contribution is 2.21. The van der Waals surface area contributed by atoms with Crippen LogP contribution in [0.2, 0.25) is 0 Å². The van der Waals surface area contributed by atoms with E-state index in [2.05, 4.69) is 46.4 Å². The van der Waals surface area contributed by atoms with Crippen molar-refractivity contribution in [3.8, 4) is 5.75 Å². The van der Waals surface area contributed by atoms with Gasteiger partial charge in [0.15, 0.2) is 5.96 Å². The monoisotopic (exact) mass is 494 g/mol. The van der Waals surface area contributed by atoms with Gasteiger partial charge in [0.25, 0.3) is 0 Å². The predicted molar refractivity (Wildman–Crippen MR) is 128 cm³/mol. The molecule has 1 heterocycles. The van der Waals surface area contributed by atoms with Gasteiger partial charge in [-0.05, 0) is 49.6 Å². The molecule has 0 amide bonds. The minimum absolute atomic E-state index is 0. The molecule has 152 valence electrons. The van der Waals surface area contributed by atoms with Crippen LogP contribution in [0.3, 0.4) is 0 Å². The topological polar surface area (TPSA) is 62.9 Å². The zero-order chi connectivity index (χ0) is 19.1.